The van der Waals surface area contributed by atoms with Crippen molar-refractivity contribution in [3.63, 3.8) is 0 Å². The zero-order chi connectivity index (χ0) is 31.2. The SMILES string of the molecule is CCOc1cc(/C=C2\C(=O)NC(=O)N(c3ccc(OCc4ccc(Cl)cc4Cl)cc3)C2=O)ccc1OCc1ccc(F)cc1. The Morgan fingerprint density at radius 2 is 1.57 bits per heavy atom. The van der Waals surface area contributed by atoms with Crippen LogP contribution in [0.25, 0.3) is 6.08 Å². The van der Waals surface area contributed by atoms with Crippen molar-refractivity contribution < 1.29 is 33.0 Å². The summed E-state index contributed by atoms with van der Waals surface area (Å²) in [5.41, 5.74) is 1.96. The van der Waals surface area contributed by atoms with Gasteiger partial charge in [-0.3, -0.25) is 14.9 Å². The molecule has 0 radical (unpaired) electrons. The maximum Gasteiger partial charge on any atom is 0.335 e. The van der Waals surface area contributed by atoms with E-state index < -0.39 is 17.8 Å². The predicted octanol–water partition coefficient (Wildman–Crippen LogP) is 7.36. The van der Waals surface area contributed by atoms with E-state index in [1.54, 1.807) is 67.6 Å². The Kier molecular flexibility index (Phi) is 9.47. The highest BCUT2D eigenvalue weighted by molar-refractivity contribution is 6.39. The van der Waals surface area contributed by atoms with Gasteiger partial charge in [0.15, 0.2) is 11.5 Å². The largest absolute Gasteiger partial charge is 0.490 e. The summed E-state index contributed by atoms with van der Waals surface area (Å²) in [5.74, 6) is -0.682. The normalized spacial score (nSPS) is 14.0. The fourth-order valence-electron chi connectivity index (χ4n) is 4.29. The molecule has 0 spiro atoms. The van der Waals surface area contributed by atoms with Crippen LogP contribution in [0.3, 0.4) is 0 Å². The average Bonchev–Trinajstić information content (AvgIpc) is 3.00. The fraction of sp³-hybridized carbons (Fsp3) is 0.121. The van der Waals surface area contributed by atoms with E-state index in [-0.39, 0.29) is 30.3 Å². The molecule has 4 amide bonds. The van der Waals surface area contributed by atoms with Crippen LogP contribution in [0.1, 0.15) is 23.6 Å². The van der Waals surface area contributed by atoms with Crippen molar-refractivity contribution in [3.05, 3.63) is 123 Å². The number of nitrogens with zero attached hydrogens (tertiary/aromatic N) is 1. The number of barbiturate groups is 1. The summed E-state index contributed by atoms with van der Waals surface area (Å²) in [6, 6.07) is 21.3. The Bertz CT molecular complexity index is 1740. The van der Waals surface area contributed by atoms with Gasteiger partial charge in [0, 0.05) is 15.6 Å². The number of hydrogen-bond acceptors (Lipinski definition) is 6. The van der Waals surface area contributed by atoms with Crippen molar-refractivity contribution in [1.29, 1.82) is 0 Å². The number of halogens is 3. The third-order valence-corrected chi connectivity index (χ3v) is 7.08. The molecule has 1 N–H and O–H groups in total. The first-order valence-corrected chi connectivity index (χ1v) is 14.2. The molecule has 1 saturated heterocycles. The lowest BCUT2D eigenvalue weighted by molar-refractivity contribution is -0.122. The zero-order valence-electron chi connectivity index (χ0n) is 23.3. The van der Waals surface area contributed by atoms with E-state index in [1.165, 1.54) is 30.3 Å². The minimum Gasteiger partial charge on any atom is -0.490 e. The van der Waals surface area contributed by atoms with E-state index >= 15 is 0 Å². The Labute approximate surface area is 262 Å². The van der Waals surface area contributed by atoms with E-state index in [0.29, 0.717) is 39.5 Å². The molecule has 1 heterocycles. The first kappa shape index (κ1) is 30.6. The van der Waals surface area contributed by atoms with Crippen LogP contribution in [0.4, 0.5) is 14.9 Å². The van der Waals surface area contributed by atoms with Crippen LogP contribution in [-0.2, 0) is 22.8 Å². The van der Waals surface area contributed by atoms with Gasteiger partial charge in [-0.1, -0.05) is 47.5 Å². The third kappa shape index (κ3) is 7.19. The molecule has 0 unspecified atom stereocenters. The number of anilines is 1. The van der Waals surface area contributed by atoms with Gasteiger partial charge in [0.25, 0.3) is 11.8 Å². The van der Waals surface area contributed by atoms with Crippen LogP contribution in [0.5, 0.6) is 17.2 Å². The lowest BCUT2D eigenvalue weighted by atomic mass is 10.1. The van der Waals surface area contributed by atoms with E-state index in [4.69, 9.17) is 37.4 Å². The third-order valence-electron chi connectivity index (χ3n) is 6.49. The Balaban J connectivity index is 1.32. The van der Waals surface area contributed by atoms with Gasteiger partial charge in [0.1, 0.15) is 30.4 Å². The molecule has 4 aromatic rings. The topological polar surface area (TPSA) is 94.2 Å². The summed E-state index contributed by atoms with van der Waals surface area (Å²) in [7, 11) is 0. The number of hydrogen-bond donors (Lipinski definition) is 1. The summed E-state index contributed by atoms with van der Waals surface area (Å²) in [6.07, 6.45) is 1.37. The monoisotopic (exact) mass is 634 g/mol. The molecule has 0 atom stereocenters. The molecule has 224 valence electrons. The van der Waals surface area contributed by atoms with Crippen molar-refractivity contribution in [1.82, 2.24) is 5.32 Å². The van der Waals surface area contributed by atoms with Crippen molar-refractivity contribution in [3.8, 4) is 17.2 Å². The Morgan fingerprint density at radius 3 is 2.27 bits per heavy atom. The van der Waals surface area contributed by atoms with Gasteiger partial charge in [0.05, 0.1) is 12.3 Å². The van der Waals surface area contributed by atoms with E-state index in [0.717, 1.165) is 16.0 Å². The molecule has 0 bridgehead atoms. The van der Waals surface area contributed by atoms with Crippen molar-refractivity contribution in [2.45, 2.75) is 20.1 Å². The van der Waals surface area contributed by atoms with Crippen LogP contribution in [0.15, 0.2) is 90.5 Å². The van der Waals surface area contributed by atoms with Gasteiger partial charge < -0.3 is 14.2 Å². The average molecular weight is 635 g/mol. The first-order valence-electron chi connectivity index (χ1n) is 13.4. The number of urea groups is 1. The number of rotatable bonds is 10. The number of ether oxygens (including phenoxy) is 3. The van der Waals surface area contributed by atoms with Gasteiger partial charge >= 0.3 is 6.03 Å². The van der Waals surface area contributed by atoms with Crippen LogP contribution in [0, 0.1) is 5.82 Å². The minimum absolute atomic E-state index is 0.178. The number of benzene rings is 4. The number of carbonyl (C=O) groups is 3. The highest BCUT2D eigenvalue weighted by Crippen LogP contribution is 2.31. The molecule has 5 rings (SSSR count). The highest BCUT2D eigenvalue weighted by atomic mass is 35.5. The molecule has 11 heteroatoms. The highest BCUT2D eigenvalue weighted by Gasteiger charge is 2.36. The van der Waals surface area contributed by atoms with Crippen molar-refractivity contribution in [2.75, 3.05) is 11.5 Å². The molecule has 0 aromatic heterocycles. The molecule has 1 aliphatic heterocycles. The molecule has 44 heavy (non-hydrogen) atoms. The quantitative estimate of drug-likeness (QED) is 0.145. The molecule has 1 fully saturated rings. The van der Waals surface area contributed by atoms with Crippen molar-refractivity contribution in [2.24, 2.45) is 0 Å². The number of amides is 4. The minimum atomic E-state index is -0.877. The molecule has 0 aliphatic carbocycles. The number of imide groups is 2. The summed E-state index contributed by atoms with van der Waals surface area (Å²) in [4.78, 5) is 39.7. The van der Waals surface area contributed by atoms with Gasteiger partial charge in [0.2, 0.25) is 0 Å². The van der Waals surface area contributed by atoms with E-state index in [1.807, 2.05) is 0 Å². The molecule has 0 saturated carbocycles. The van der Waals surface area contributed by atoms with Gasteiger partial charge in [-0.2, -0.15) is 0 Å². The predicted molar refractivity (Wildman–Crippen MR) is 165 cm³/mol. The van der Waals surface area contributed by atoms with Gasteiger partial charge in [-0.25, -0.2) is 14.1 Å². The second kappa shape index (κ2) is 13.6. The maximum atomic E-state index is 13.4. The molecule has 4 aromatic carbocycles. The Morgan fingerprint density at radius 1 is 0.818 bits per heavy atom. The summed E-state index contributed by atoms with van der Waals surface area (Å²) < 4.78 is 30.6. The first-order chi connectivity index (χ1) is 21.2. The van der Waals surface area contributed by atoms with Crippen molar-refractivity contribution >= 4 is 52.8 Å². The molecule has 8 nitrogen and oxygen atoms in total. The maximum absolute atomic E-state index is 13.4. The summed E-state index contributed by atoms with van der Waals surface area (Å²) in [6.45, 7) is 2.50. The number of nitrogens with one attached hydrogen (secondary N) is 1. The van der Waals surface area contributed by atoms with E-state index in [2.05, 4.69) is 5.32 Å². The molecule has 1 aliphatic rings. The standard InChI is InChI=1S/C33H25Cl2FN2O6/c1-2-42-30-16-21(5-14-29(30)44-18-20-3-8-24(36)9-4-20)15-27-31(39)37-33(41)38(32(27)40)25-10-12-26(13-11-25)43-19-22-6-7-23(34)17-28(22)35/h3-17H,2,18-19H2,1H3,(H,37,39,41)/b27-15+. The second-order valence-corrected chi connectivity index (χ2v) is 10.4. The fourth-order valence-corrected chi connectivity index (χ4v) is 4.76. The van der Waals surface area contributed by atoms with Crippen LogP contribution in [0.2, 0.25) is 10.0 Å². The second-order valence-electron chi connectivity index (χ2n) is 9.53. The van der Waals surface area contributed by atoms with Crippen LogP contribution >= 0.6 is 23.2 Å². The van der Waals surface area contributed by atoms with Crippen LogP contribution < -0.4 is 24.4 Å². The zero-order valence-corrected chi connectivity index (χ0v) is 24.8. The Hall–Kier alpha value is -4.86. The van der Waals surface area contributed by atoms with Gasteiger partial charge in [-0.15, -0.1) is 0 Å². The number of carbonyl (C=O) groups excluding carboxylic acids is 3. The summed E-state index contributed by atoms with van der Waals surface area (Å²) in [5, 5.41) is 3.19. The smallest absolute Gasteiger partial charge is 0.335 e. The summed E-state index contributed by atoms with van der Waals surface area (Å²) >= 11 is 12.1. The lowest BCUT2D eigenvalue weighted by Gasteiger charge is -2.26. The van der Waals surface area contributed by atoms with Gasteiger partial charge in [-0.05, 0) is 84.8 Å². The van der Waals surface area contributed by atoms with E-state index in [9.17, 15) is 18.8 Å². The molecular weight excluding hydrogens is 610 g/mol. The molecular formula is C33H25Cl2FN2O6. The lowest BCUT2D eigenvalue weighted by Crippen LogP contribution is -2.54. The van der Waals surface area contributed by atoms with Crippen LogP contribution in [-0.4, -0.2) is 24.5 Å².